The van der Waals surface area contributed by atoms with Crippen molar-refractivity contribution in [1.29, 1.82) is 0 Å². The molecule has 3 aromatic carbocycles. The summed E-state index contributed by atoms with van der Waals surface area (Å²) < 4.78 is 6.07. The van der Waals surface area contributed by atoms with Crippen LogP contribution in [0.1, 0.15) is 36.2 Å². The Morgan fingerprint density at radius 1 is 1.00 bits per heavy atom. The summed E-state index contributed by atoms with van der Waals surface area (Å²) in [5, 5.41) is 2.94. The van der Waals surface area contributed by atoms with Gasteiger partial charge in [0.05, 0.1) is 17.2 Å². The molecule has 3 aromatic rings. The van der Waals surface area contributed by atoms with Gasteiger partial charge in [-0.1, -0.05) is 29.8 Å². The van der Waals surface area contributed by atoms with Gasteiger partial charge in [0.25, 0.3) is 5.91 Å². The molecule has 2 aliphatic heterocycles. The number of carbonyl (C=O) groups excluding carboxylic acids is 3. The van der Waals surface area contributed by atoms with E-state index in [4.69, 9.17) is 4.74 Å². The van der Waals surface area contributed by atoms with Gasteiger partial charge >= 0.3 is 0 Å². The molecule has 7 nitrogen and oxygen atoms in total. The van der Waals surface area contributed by atoms with Crippen LogP contribution in [0.25, 0.3) is 0 Å². The summed E-state index contributed by atoms with van der Waals surface area (Å²) in [6.45, 7) is 6.19. The molecule has 35 heavy (non-hydrogen) atoms. The molecule has 0 unspecified atom stereocenters. The van der Waals surface area contributed by atoms with Crippen LogP contribution in [0.4, 0.5) is 17.1 Å². The van der Waals surface area contributed by atoms with Gasteiger partial charge < -0.3 is 19.9 Å². The van der Waals surface area contributed by atoms with Gasteiger partial charge in [-0.15, -0.1) is 0 Å². The first-order valence-corrected chi connectivity index (χ1v) is 11.7. The molecule has 1 fully saturated rings. The number of rotatable bonds is 4. The highest BCUT2D eigenvalue weighted by Gasteiger charge is 2.36. The van der Waals surface area contributed by atoms with Crippen LogP contribution >= 0.6 is 0 Å². The van der Waals surface area contributed by atoms with E-state index < -0.39 is 5.92 Å². The van der Waals surface area contributed by atoms with Crippen molar-refractivity contribution < 1.29 is 19.1 Å². The maximum atomic E-state index is 13.3. The van der Waals surface area contributed by atoms with Crippen molar-refractivity contribution in [3.63, 3.8) is 0 Å². The summed E-state index contributed by atoms with van der Waals surface area (Å²) in [6, 6.07) is 20.0. The molecule has 0 radical (unpaired) electrons. The molecule has 1 N–H and O–H groups in total. The molecule has 0 bridgehead atoms. The summed E-state index contributed by atoms with van der Waals surface area (Å²) in [5.74, 6) is 0.113. The smallest absolute Gasteiger partial charge is 0.262 e. The molecule has 0 saturated carbocycles. The first kappa shape index (κ1) is 22.7. The number of fused-ring (bicyclic) bond motifs is 2. The molecule has 7 heteroatoms. The lowest BCUT2D eigenvalue weighted by atomic mass is 10.1. The SMILES string of the molecule is Cc1ccc(N2C[C@@H](C(=O)Nc3ccc4c(c3)N(C(C)C)C(=O)c3ccccc3O4)CC2=O)cc1. The topological polar surface area (TPSA) is 79.0 Å². The van der Waals surface area contributed by atoms with E-state index in [1.165, 1.54) is 0 Å². The predicted molar refractivity (Wildman–Crippen MR) is 135 cm³/mol. The van der Waals surface area contributed by atoms with E-state index >= 15 is 0 Å². The molecule has 0 aromatic heterocycles. The minimum Gasteiger partial charge on any atom is -0.454 e. The van der Waals surface area contributed by atoms with Gasteiger partial charge in [0.1, 0.15) is 5.75 Å². The van der Waals surface area contributed by atoms with Crippen molar-refractivity contribution >= 4 is 34.8 Å². The lowest BCUT2D eigenvalue weighted by Gasteiger charge is -2.26. The average molecular weight is 470 g/mol. The first-order valence-electron chi connectivity index (χ1n) is 11.7. The lowest BCUT2D eigenvalue weighted by molar-refractivity contribution is -0.122. The highest BCUT2D eigenvalue weighted by molar-refractivity contribution is 6.10. The van der Waals surface area contributed by atoms with Crippen molar-refractivity contribution in [3.8, 4) is 11.5 Å². The van der Waals surface area contributed by atoms with Gasteiger partial charge in [-0.25, -0.2) is 0 Å². The number of para-hydroxylation sites is 1. The zero-order valence-corrected chi connectivity index (χ0v) is 19.9. The van der Waals surface area contributed by atoms with Gasteiger partial charge in [0, 0.05) is 30.4 Å². The van der Waals surface area contributed by atoms with Crippen molar-refractivity contribution in [2.45, 2.75) is 33.2 Å². The summed E-state index contributed by atoms with van der Waals surface area (Å²) >= 11 is 0. The van der Waals surface area contributed by atoms with Gasteiger partial charge in [-0.05, 0) is 63.2 Å². The average Bonchev–Trinajstić information content (AvgIpc) is 3.17. The standard InChI is InChI=1S/C28H27N3O4/c1-17(2)31-23-15-20(10-13-25(23)35-24-7-5-4-6-22(24)28(31)34)29-27(33)19-14-26(32)30(16-19)21-11-8-18(3)9-12-21/h4-13,15,17,19H,14,16H2,1-3H3,(H,29,33)/t19-/m0/s1. The van der Waals surface area contributed by atoms with Crippen molar-refractivity contribution in [2.24, 2.45) is 5.92 Å². The Kier molecular flexibility index (Phi) is 5.76. The number of benzene rings is 3. The Morgan fingerprint density at radius 2 is 1.74 bits per heavy atom. The molecule has 0 aliphatic carbocycles. The molecule has 178 valence electrons. The molecule has 3 amide bonds. The molecular weight excluding hydrogens is 442 g/mol. The summed E-state index contributed by atoms with van der Waals surface area (Å²) in [6.07, 6.45) is 0.152. The minimum absolute atomic E-state index is 0.0707. The zero-order valence-electron chi connectivity index (χ0n) is 19.9. The second-order valence-electron chi connectivity index (χ2n) is 9.28. The molecule has 1 atom stereocenters. The van der Waals surface area contributed by atoms with Gasteiger partial charge in [0.2, 0.25) is 11.8 Å². The number of amides is 3. The first-order chi connectivity index (χ1) is 16.8. The van der Waals surface area contributed by atoms with Gasteiger partial charge in [0.15, 0.2) is 5.75 Å². The Labute approximate surface area is 204 Å². The van der Waals surface area contributed by atoms with Crippen LogP contribution in [0.3, 0.4) is 0 Å². The summed E-state index contributed by atoms with van der Waals surface area (Å²) in [7, 11) is 0. The number of aryl methyl sites for hydroxylation is 1. The van der Waals surface area contributed by atoms with Crippen LogP contribution in [0.2, 0.25) is 0 Å². The maximum Gasteiger partial charge on any atom is 0.262 e. The number of carbonyl (C=O) groups is 3. The fourth-order valence-electron chi connectivity index (χ4n) is 4.57. The second-order valence-corrected chi connectivity index (χ2v) is 9.28. The molecule has 1 saturated heterocycles. The number of nitrogens with one attached hydrogen (secondary N) is 1. The van der Waals surface area contributed by atoms with E-state index in [1.807, 2.05) is 57.2 Å². The third kappa shape index (κ3) is 4.25. The lowest BCUT2D eigenvalue weighted by Crippen LogP contribution is -2.36. The minimum atomic E-state index is -0.467. The largest absolute Gasteiger partial charge is 0.454 e. The Morgan fingerprint density at radius 3 is 2.49 bits per heavy atom. The third-order valence-corrected chi connectivity index (χ3v) is 6.40. The Balaban J connectivity index is 1.38. The van der Waals surface area contributed by atoms with E-state index in [0.29, 0.717) is 35.0 Å². The van der Waals surface area contributed by atoms with E-state index in [2.05, 4.69) is 5.32 Å². The van der Waals surface area contributed by atoms with Crippen LogP contribution in [0.5, 0.6) is 11.5 Å². The Hall–Kier alpha value is -4.13. The van der Waals surface area contributed by atoms with Crippen LogP contribution in [0, 0.1) is 12.8 Å². The second kappa shape index (κ2) is 8.91. The molecule has 5 rings (SSSR count). The van der Waals surface area contributed by atoms with E-state index in [-0.39, 0.29) is 30.2 Å². The predicted octanol–water partition coefficient (Wildman–Crippen LogP) is 5.15. The van der Waals surface area contributed by atoms with Gasteiger partial charge in [-0.2, -0.15) is 0 Å². The summed E-state index contributed by atoms with van der Waals surface area (Å²) in [4.78, 5) is 42.3. The number of hydrogen-bond acceptors (Lipinski definition) is 4. The third-order valence-electron chi connectivity index (χ3n) is 6.40. The van der Waals surface area contributed by atoms with Gasteiger partial charge in [-0.3, -0.25) is 14.4 Å². The van der Waals surface area contributed by atoms with Crippen molar-refractivity contribution in [2.75, 3.05) is 21.7 Å². The number of anilines is 3. The molecule has 2 aliphatic rings. The maximum absolute atomic E-state index is 13.3. The molecule has 0 spiro atoms. The molecular formula is C28H27N3O4. The Bertz CT molecular complexity index is 1320. The number of hydrogen-bond donors (Lipinski definition) is 1. The van der Waals surface area contributed by atoms with Crippen molar-refractivity contribution in [1.82, 2.24) is 0 Å². The van der Waals surface area contributed by atoms with Crippen LogP contribution in [0.15, 0.2) is 66.7 Å². The normalized spacial score (nSPS) is 17.1. The van der Waals surface area contributed by atoms with Crippen molar-refractivity contribution in [3.05, 3.63) is 77.9 Å². The van der Waals surface area contributed by atoms with Crippen LogP contribution in [-0.2, 0) is 9.59 Å². The summed E-state index contributed by atoms with van der Waals surface area (Å²) in [5.41, 5.74) is 3.53. The zero-order chi connectivity index (χ0) is 24.7. The fraction of sp³-hybridized carbons (Fsp3) is 0.250. The number of nitrogens with zero attached hydrogens (tertiary/aromatic N) is 2. The number of ether oxygens (including phenoxy) is 1. The van der Waals surface area contributed by atoms with Crippen LogP contribution in [-0.4, -0.2) is 30.3 Å². The van der Waals surface area contributed by atoms with E-state index in [0.717, 1.165) is 11.3 Å². The highest BCUT2D eigenvalue weighted by atomic mass is 16.5. The highest BCUT2D eigenvalue weighted by Crippen LogP contribution is 2.41. The monoisotopic (exact) mass is 469 g/mol. The van der Waals surface area contributed by atoms with E-state index in [1.54, 1.807) is 40.1 Å². The van der Waals surface area contributed by atoms with E-state index in [9.17, 15) is 14.4 Å². The molecule has 2 heterocycles. The fourth-order valence-corrected chi connectivity index (χ4v) is 4.57. The van der Waals surface area contributed by atoms with Crippen LogP contribution < -0.4 is 19.9 Å². The quantitative estimate of drug-likeness (QED) is 0.573.